The molecule has 0 saturated heterocycles. The Labute approximate surface area is 87.2 Å². The Morgan fingerprint density at radius 2 is 2.27 bits per heavy atom. The number of hydrogen-bond donors (Lipinski definition) is 1. The first-order valence-electron chi connectivity index (χ1n) is 5.01. The number of hydrogen-bond acceptors (Lipinski definition) is 2. The zero-order valence-electron chi connectivity index (χ0n) is 8.57. The Hall–Kier alpha value is -1.16. The second kappa shape index (κ2) is 4.14. The molecule has 4 heteroatoms. The van der Waals surface area contributed by atoms with Gasteiger partial charge in [0, 0.05) is 23.6 Å². The van der Waals surface area contributed by atoms with Crippen molar-refractivity contribution in [2.75, 3.05) is 20.2 Å². The third kappa shape index (κ3) is 1.81. The Morgan fingerprint density at radius 3 is 3.00 bits per heavy atom. The van der Waals surface area contributed by atoms with Crippen LogP contribution < -0.4 is 10.1 Å². The van der Waals surface area contributed by atoms with Crippen molar-refractivity contribution in [3.8, 4) is 5.75 Å². The summed E-state index contributed by atoms with van der Waals surface area (Å²) in [4.78, 5) is 0. The molecule has 2 nitrogen and oxygen atoms in total. The van der Waals surface area contributed by atoms with Crippen LogP contribution in [0.4, 0.5) is 8.78 Å². The SMILES string of the molecule is CNCCc1c(F)cc2c(c1F)CCO2. The Balaban J connectivity index is 2.37. The lowest BCUT2D eigenvalue weighted by molar-refractivity contribution is 0.355. The van der Waals surface area contributed by atoms with E-state index in [9.17, 15) is 8.78 Å². The molecule has 0 unspecified atom stereocenters. The average molecular weight is 213 g/mol. The minimum atomic E-state index is -0.511. The fraction of sp³-hybridized carbons (Fsp3) is 0.455. The molecular formula is C11H13F2NO. The number of fused-ring (bicyclic) bond motifs is 1. The molecule has 0 spiro atoms. The van der Waals surface area contributed by atoms with Crippen molar-refractivity contribution in [3.63, 3.8) is 0 Å². The fourth-order valence-electron chi connectivity index (χ4n) is 1.79. The van der Waals surface area contributed by atoms with Crippen molar-refractivity contribution in [1.29, 1.82) is 0 Å². The number of nitrogens with one attached hydrogen (secondary N) is 1. The van der Waals surface area contributed by atoms with Crippen molar-refractivity contribution < 1.29 is 13.5 Å². The van der Waals surface area contributed by atoms with Crippen LogP contribution >= 0.6 is 0 Å². The molecule has 0 amide bonds. The van der Waals surface area contributed by atoms with Gasteiger partial charge in [0.2, 0.25) is 0 Å². The van der Waals surface area contributed by atoms with Crippen LogP contribution in [0.3, 0.4) is 0 Å². The Kier molecular flexibility index (Phi) is 2.86. The molecule has 1 aliphatic heterocycles. The molecule has 0 atom stereocenters. The average Bonchev–Trinajstić information content (AvgIpc) is 2.65. The molecule has 1 aliphatic rings. The number of halogens is 2. The van der Waals surface area contributed by atoms with Crippen molar-refractivity contribution in [1.82, 2.24) is 5.32 Å². The van der Waals surface area contributed by atoms with Gasteiger partial charge in [-0.3, -0.25) is 0 Å². The van der Waals surface area contributed by atoms with E-state index < -0.39 is 11.6 Å². The summed E-state index contributed by atoms with van der Waals surface area (Å²) in [6, 6.07) is 1.29. The number of likely N-dealkylation sites (N-methyl/N-ethyl adjacent to an activating group) is 1. The molecule has 2 rings (SSSR count). The van der Waals surface area contributed by atoms with E-state index in [4.69, 9.17) is 4.74 Å². The van der Waals surface area contributed by atoms with Gasteiger partial charge in [0.25, 0.3) is 0 Å². The standard InChI is InChI=1S/C11H13F2NO/c1-14-4-2-7-9(12)6-10-8(11(7)13)3-5-15-10/h6,14H,2-5H2,1H3. The first-order valence-corrected chi connectivity index (χ1v) is 5.01. The zero-order chi connectivity index (χ0) is 10.8. The van der Waals surface area contributed by atoms with E-state index in [0.29, 0.717) is 37.3 Å². The van der Waals surface area contributed by atoms with Crippen molar-refractivity contribution >= 4 is 0 Å². The van der Waals surface area contributed by atoms with Crippen molar-refractivity contribution in [2.45, 2.75) is 12.8 Å². The summed E-state index contributed by atoms with van der Waals surface area (Å²) in [5, 5.41) is 2.87. The molecule has 15 heavy (non-hydrogen) atoms. The highest BCUT2D eigenvalue weighted by atomic mass is 19.1. The maximum absolute atomic E-state index is 13.8. The van der Waals surface area contributed by atoms with Gasteiger partial charge in [0.05, 0.1) is 6.61 Å². The molecule has 0 radical (unpaired) electrons. The van der Waals surface area contributed by atoms with Crippen LogP contribution in [0, 0.1) is 11.6 Å². The van der Waals surface area contributed by atoms with Gasteiger partial charge < -0.3 is 10.1 Å². The lowest BCUT2D eigenvalue weighted by Crippen LogP contribution is -2.13. The fourth-order valence-corrected chi connectivity index (χ4v) is 1.79. The third-order valence-corrected chi connectivity index (χ3v) is 2.61. The largest absolute Gasteiger partial charge is 0.493 e. The summed E-state index contributed by atoms with van der Waals surface area (Å²) < 4.78 is 32.4. The van der Waals surface area contributed by atoms with Crippen LogP contribution in [-0.4, -0.2) is 20.2 Å². The first-order chi connectivity index (χ1) is 7.24. The van der Waals surface area contributed by atoms with Gasteiger partial charge >= 0.3 is 0 Å². The van der Waals surface area contributed by atoms with E-state index in [0.717, 1.165) is 0 Å². The second-order valence-corrected chi connectivity index (χ2v) is 3.58. The molecule has 1 aromatic carbocycles. The van der Waals surface area contributed by atoms with E-state index >= 15 is 0 Å². The Morgan fingerprint density at radius 1 is 1.47 bits per heavy atom. The molecule has 1 aromatic rings. The normalized spacial score (nSPS) is 13.8. The van der Waals surface area contributed by atoms with Gasteiger partial charge in [-0.15, -0.1) is 0 Å². The molecule has 0 fully saturated rings. The highest BCUT2D eigenvalue weighted by Gasteiger charge is 2.22. The molecule has 0 aromatic heterocycles. The van der Waals surface area contributed by atoms with Gasteiger partial charge in [0.15, 0.2) is 0 Å². The molecule has 0 aliphatic carbocycles. The monoisotopic (exact) mass is 213 g/mol. The van der Waals surface area contributed by atoms with Gasteiger partial charge in [-0.25, -0.2) is 8.78 Å². The summed E-state index contributed by atoms with van der Waals surface area (Å²) in [5.41, 5.74) is 0.677. The lowest BCUT2D eigenvalue weighted by atomic mass is 10.0. The van der Waals surface area contributed by atoms with E-state index in [-0.39, 0.29) is 5.56 Å². The predicted octanol–water partition coefficient (Wildman–Crippen LogP) is 1.66. The van der Waals surface area contributed by atoms with Gasteiger partial charge in [-0.1, -0.05) is 0 Å². The predicted molar refractivity (Wildman–Crippen MR) is 53.2 cm³/mol. The first kappa shape index (κ1) is 10.4. The van der Waals surface area contributed by atoms with Crippen molar-refractivity contribution in [2.24, 2.45) is 0 Å². The van der Waals surface area contributed by atoms with E-state index in [1.807, 2.05) is 0 Å². The van der Waals surface area contributed by atoms with Crippen LogP contribution in [0.15, 0.2) is 6.07 Å². The van der Waals surface area contributed by atoms with E-state index in [1.165, 1.54) is 6.07 Å². The second-order valence-electron chi connectivity index (χ2n) is 3.58. The van der Waals surface area contributed by atoms with Crippen LogP contribution in [0.5, 0.6) is 5.75 Å². The van der Waals surface area contributed by atoms with E-state index in [1.54, 1.807) is 7.05 Å². The third-order valence-electron chi connectivity index (χ3n) is 2.61. The highest BCUT2D eigenvalue weighted by molar-refractivity contribution is 5.42. The summed E-state index contributed by atoms with van der Waals surface area (Å²) in [5.74, 6) is -0.584. The molecular weight excluding hydrogens is 200 g/mol. The summed E-state index contributed by atoms with van der Waals surface area (Å²) in [6.45, 7) is 1.01. The molecule has 0 saturated carbocycles. The zero-order valence-corrected chi connectivity index (χ0v) is 8.57. The quantitative estimate of drug-likeness (QED) is 0.824. The van der Waals surface area contributed by atoms with E-state index in [2.05, 4.69) is 5.32 Å². The minimum Gasteiger partial charge on any atom is -0.493 e. The highest BCUT2D eigenvalue weighted by Crippen LogP contribution is 2.31. The maximum Gasteiger partial charge on any atom is 0.136 e. The van der Waals surface area contributed by atoms with Crippen LogP contribution in [0.25, 0.3) is 0 Å². The summed E-state index contributed by atoms with van der Waals surface area (Å²) in [7, 11) is 1.76. The molecule has 82 valence electrons. The molecule has 0 bridgehead atoms. The van der Waals surface area contributed by atoms with Gasteiger partial charge in [0.1, 0.15) is 17.4 Å². The minimum absolute atomic E-state index is 0.161. The smallest absolute Gasteiger partial charge is 0.136 e. The van der Waals surface area contributed by atoms with Crippen LogP contribution in [-0.2, 0) is 12.8 Å². The van der Waals surface area contributed by atoms with Gasteiger partial charge in [-0.2, -0.15) is 0 Å². The van der Waals surface area contributed by atoms with Crippen molar-refractivity contribution in [3.05, 3.63) is 28.8 Å². The maximum atomic E-state index is 13.8. The topological polar surface area (TPSA) is 21.3 Å². The van der Waals surface area contributed by atoms with Crippen LogP contribution in [0.2, 0.25) is 0 Å². The summed E-state index contributed by atoms with van der Waals surface area (Å²) in [6.07, 6.45) is 0.898. The number of ether oxygens (including phenoxy) is 1. The summed E-state index contributed by atoms with van der Waals surface area (Å²) >= 11 is 0. The lowest BCUT2D eigenvalue weighted by Gasteiger charge is -2.08. The van der Waals surface area contributed by atoms with Crippen LogP contribution in [0.1, 0.15) is 11.1 Å². The Bertz CT molecular complexity index is 379. The van der Waals surface area contributed by atoms with Gasteiger partial charge in [-0.05, 0) is 20.0 Å². The number of rotatable bonds is 3. The molecule has 1 N–H and O–H groups in total. The molecule has 1 heterocycles. The number of benzene rings is 1.